The first-order chi connectivity index (χ1) is 10.3. The smallest absolute Gasteiger partial charge is 0.303 e. The van der Waals surface area contributed by atoms with Gasteiger partial charge in [-0.05, 0) is 19.9 Å². The molecule has 0 unspecified atom stereocenters. The quantitative estimate of drug-likeness (QED) is 0.548. The van der Waals surface area contributed by atoms with E-state index in [0.717, 1.165) is 24.2 Å². The SMILES string of the molecule is CNS(=O)(=O)c1cnc(NC(=O)CCCCCCC(=O)O)s1. The Kier molecular flexibility index (Phi) is 7.42. The average molecular weight is 349 g/mol. The summed E-state index contributed by atoms with van der Waals surface area (Å²) >= 11 is 0.884. The Morgan fingerprint density at radius 1 is 1.23 bits per heavy atom. The van der Waals surface area contributed by atoms with Gasteiger partial charge in [-0.15, -0.1) is 0 Å². The number of hydrogen-bond acceptors (Lipinski definition) is 6. The van der Waals surface area contributed by atoms with Crippen molar-refractivity contribution >= 4 is 38.4 Å². The zero-order valence-electron chi connectivity index (χ0n) is 12.2. The summed E-state index contributed by atoms with van der Waals surface area (Å²) in [5.41, 5.74) is 0. The number of rotatable bonds is 10. The molecule has 1 aromatic rings. The van der Waals surface area contributed by atoms with Crippen LogP contribution < -0.4 is 10.0 Å². The second kappa shape index (κ2) is 8.81. The molecule has 0 saturated carbocycles. The number of carboxylic acid groups (broad SMARTS) is 1. The minimum absolute atomic E-state index is 0.0407. The number of nitrogens with zero attached hydrogens (tertiary/aromatic N) is 1. The molecule has 1 aromatic heterocycles. The first-order valence-electron chi connectivity index (χ1n) is 6.76. The average Bonchev–Trinajstić information content (AvgIpc) is 2.91. The van der Waals surface area contributed by atoms with Gasteiger partial charge in [0.05, 0.1) is 6.20 Å². The number of nitrogens with one attached hydrogen (secondary N) is 2. The number of anilines is 1. The Labute approximate surface area is 133 Å². The molecule has 0 bridgehead atoms. The Morgan fingerprint density at radius 3 is 2.45 bits per heavy atom. The van der Waals surface area contributed by atoms with Crippen LogP contribution >= 0.6 is 11.3 Å². The van der Waals surface area contributed by atoms with Crippen molar-refractivity contribution < 1.29 is 23.1 Å². The summed E-state index contributed by atoms with van der Waals surface area (Å²) in [7, 11) is -2.24. The maximum absolute atomic E-state index is 11.7. The van der Waals surface area contributed by atoms with E-state index in [1.165, 1.54) is 13.2 Å². The minimum atomic E-state index is -3.54. The highest BCUT2D eigenvalue weighted by molar-refractivity contribution is 7.91. The second-order valence-corrected chi connectivity index (χ2v) is 7.69. The molecule has 0 atom stereocenters. The summed E-state index contributed by atoms with van der Waals surface area (Å²) in [6, 6.07) is 0. The summed E-state index contributed by atoms with van der Waals surface area (Å²) in [4.78, 5) is 25.8. The number of thiazole rings is 1. The van der Waals surface area contributed by atoms with Crippen LogP contribution in [0.1, 0.15) is 38.5 Å². The van der Waals surface area contributed by atoms with Crippen LogP contribution in [0.3, 0.4) is 0 Å². The third kappa shape index (κ3) is 6.50. The number of aliphatic carboxylic acids is 1. The van der Waals surface area contributed by atoms with Crippen LogP contribution in [0.25, 0.3) is 0 Å². The predicted molar refractivity (Wildman–Crippen MR) is 82.3 cm³/mol. The monoisotopic (exact) mass is 349 g/mol. The van der Waals surface area contributed by atoms with Gasteiger partial charge in [0.25, 0.3) is 10.0 Å². The van der Waals surface area contributed by atoms with E-state index in [1.54, 1.807) is 0 Å². The van der Waals surface area contributed by atoms with Crippen molar-refractivity contribution in [2.45, 2.75) is 42.7 Å². The molecule has 8 nitrogen and oxygen atoms in total. The molecule has 0 aliphatic heterocycles. The number of amides is 1. The lowest BCUT2D eigenvalue weighted by molar-refractivity contribution is -0.137. The highest BCUT2D eigenvalue weighted by Gasteiger charge is 2.16. The van der Waals surface area contributed by atoms with E-state index in [0.29, 0.717) is 19.3 Å². The van der Waals surface area contributed by atoms with E-state index < -0.39 is 16.0 Å². The van der Waals surface area contributed by atoms with Gasteiger partial charge in [-0.3, -0.25) is 9.59 Å². The zero-order valence-corrected chi connectivity index (χ0v) is 13.8. The minimum Gasteiger partial charge on any atom is -0.481 e. The number of carbonyl (C=O) groups excluding carboxylic acids is 1. The van der Waals surface area contributed by atoms with Crippen LogP contribution in [0.4, 0.5) is 5.13 Å². The molecular weight excluding hydrogens is 330 g/mol. The van der Waals surface area contributed by atoms with E-state index in [2.05, 4.69) is 15.0 Å². The molecular formula is C12H19N3O5S2. The highest BCUT2D eigenvalue weighted by atomic mass is 32.2. The Bertz CT molecular complexity index is 612. The zero-order chi connectivity index (χ0) is 16.6. The Balaban J connectivity index is 2.30. The number of carbonyl (C=O) groups is 2. The first kappa shape index (κ1) is 18.5. The molecule has 0 aliphatic rings. The molecule has 1 rings (SSSR count). The lowest BCUT2D eigenvalue weighted by atomic mass is 10.1. The fourth-order valence-electron chi connectivity index (χ4n) is 1.64. The predicted octanol–water partition coefficient (Wildman–Crippen LogP) is 1.41. The van der Waals surface area contributed by atoms with Crippen LogP contribution in [0.15, 0.2) is 10.4 Å². The maximum Gasteiger partial charge on any atom is 0.303 e. The molecule has 1 amide bonds. The van der Waals surface area contributed by atoms with Crippen molar-refractivity contribution in [3.63, 3.8) is 0 Å². The van der Waals surface area contributed by atoms with E-state index in [9.17, 15) is 18.0 Å². The second-order valence-electron chi connectivity index (χ2n) is 4.55. The largest absolute Gasteiger partial charge is 0.481 e. The molecule has 0 spiro atoms. The summed E-state index contributed by atoms with van der Waals surface area (Å²) in [6.45, 7) is 0. The summed E-state index contributed by atoms with van der Waals surface area (Å²) in [6.07, 6.45) is 4.43. The molecule has 22 heavy (non-hydrogen) atoms. The van der Waals surface area contributed by atoms with Gasteiger partial charge in [0.1, 0.15) is 0 Å². The Morgan fingerprint density at radius 2 is 1.86 bits per heavy atom. The van der Waals surface area contributed by atoms with Crippen LogP contribution in [0, 0.1) is 0 Å². The normalized spacial score (nSPS) is 11.3. The fraction of sp³-hybridized carbons (Fsp3) is 0.583. The fourth-order valence-corrected chi connectivity index (χ4v) is 3.52. The molecule has 0 saturated heterocycles. The molecule has 10 heteroatoms. The summed E-state index contributed by atoms with van der Waals surface area (Å²) < 4.78 is 25.3. The number of sulfonamides is 1. The van der Waals surface area contributed by atoms with Crippen LogP contribution in [-0.4, -0.2) is 37.4 Å². The Hall–Kier alpha value is -1.52. The van der Waals surface area contributed by atoms with Crippen LogP contribution in [0.5, 0.6) is 0 Å². The number of unbranched alkanes of at least 4 members (excludes halogenated alkanes) is 3. The maximum atomic E-state index is 11.7. The first-order valence-corrected chi connectivity index (χ1v) is 9.06. The van der Waals surface area contributed by atoms with E-state index in [1.807, 2.05) is 0 Å². The van der Waals surface area contributed by atoms with Crippen molar-refractivity contribution in [3.8, 4) is 0 Å². The van der Waals surface area contributed by atoms with Gasteiger partial charge >= 0.3 is 5.97 Å². The number of carboxylic acids is 1. The van der Waals surface area contributed by atoms with E-state index >= 15 is 0 Å². The van der Waals surface area contributed by atoms with Crippen molar-refractivity contribution in [1.82, 2.24) is 9.71 Å². The van der Waals surface area contributed by atoms with E-state index in [4.69, 9.17) is 5.11 Å². The third-order valence-electron chi connectivity index (χ3n) is 2.81. The van der Waals surface area contributed by atoms with Crippen LogP contribution in [-0.2, 0) is 19.6 Å². The molecule has 0 aromatic carbocycles. The number of aromatic nitrogens is 1. The van der Waals surface area contributed by atoms with Crippen molar-refractivity contribution in [2.75, 3.05) is 12.4 Å². The molecule has 0 radical (unpaired) electrons. The van der Waals surface area contributed by atoms with Gasteiger partial charge in [-0.25, -0.2) is 18.1 Å². The van der Waals surface area contributed by atoms with Gasteiger partial charge in [-0.2, -0.15) is 0 Å². The highest BCUT2D eigenvalue weighted by Crippen LogP contribution is 2.22. The lowest BCUT2D eigenvalue weighted by Gasteiger charge is -2.01. The van der Waals surface area contributed by atoms with Gasteiger partial charge in [0, 0.05) is 12.8 Å². The van der Waals surface area contributed by atoms with E-state index in [-0.39, 0.29) is 21.7 Å². The third-order valence-corrected chi connectivity index (χ3v) is 5.60. The van der Waals surface area contributed by atoms with Gasteiger partial charge in [0.2, 0.25) is 5.91 Å². The molecule has 0 fully saturated rings. The summed E-state index contributed by atoms with van der Waals surface area (Å²) in [5.74, 6) is -1.05. The van der Waals surface area contributed by atoms with Gasteiger partial charge in [-0.1, -0.05) is 24.2 Å². The van der Waals surface area contributed by atoms with Crippen LogP contribution in [0.2, 0.25) is 0 Å². The molecule has 0 aliphatic carbocycles. The van der Waals surface area contributed by atoms with Gasteiger partial charge in [0.15, 0.2) is 9.34 Å². The van der Waals surface area contributed by atoms with Crippen molar-refractivity contribution in [1.29, 1.82) is 0 Å². The molecule has 3 N–H and O–H groups in total. The topological polar surface area (TPSA) is 125 Å². The van der Waals surface area contributed by atoms with Gasteiger partial charge < -0.3 is 10.4 Å². The lowest BCUT2D eigenvalue weighted by Crippen LogP contribution is -2.17. The molecule has 124 valence electrons. The molecule has 1 heterocycles. The van der Waals surface area contributed by atoms with Crippen molar-refractivity contribution in [2.24, 2.45) is 0 Å². The van der Waals surface area contributed by atoms with Crippen molar-refractivity contribution in [3.05, 3.63) is 6.20 Å². The standard InChI is InChI=1S/C12H19N3O5S2/c1-13-22(19,20)11-8-14-12(21-11)15-9(16)6-4-2-3-5-7-10(17)18/h8,13H,2-7H2,1H3,(H,17,18)(H,14,15,16). The number of hydrogen-bond donors (Lipinski definition) is 3. The summed E-state index contributed by atoms with van der Waals surface area (Å²) in [5, 5.41) is 11.3.